The van der Waals surface area contributed by atoms with Gasteiger partial charge in [0.05, 0.1) is 6.26 Å². The van der Waals surface area contributed by atoms with Crippen molar-refractivity contribution >= 4 is 34.0 Å². The lowest BCUT2D eigenvalue weighted by molar-refractivity contribution is 0.509. The lowest BCUT2D eigenvalue weighted by atomic mass is 9.82. The van der Waals surface area contributed by atoms with Crippen LogP contribution in [-0.2, 0) is 19.3 Å². The molecule has 25 heavy (non-hydrogen) atoms. The van der Waals surface area contributed by atoms with Gasteiger partial charge < -0.3 is 4.42 Å². The molecule has 3 aromatic heterocycles. The Hall–Kier alpha value is -1.32. The van der Waals surface area contributed by atoms with Crippen molar-refractivity contribution in [2.75, 3.05) is 0 Å². The van der Waals surface area contributed by atoms with Crippen molar-refractivity contribution in [3.05, 3.63) is 40.1 Å². The van der Waals surface area contributed by atoms with Crippen LogP contribution in [0.3, 0.4) is 0 Å². The summed E-state index contributed by atoms with van der Waals surface area (Å²) in [6.07, 6.45) is 9.17. The molecule has 0 saturated carbocycles. The van der Waals surface area contributed by atoms with Crippen LogP contribution in [0.4, 0.5) is 0 Å². The average molecular weight is 374 g/mol. The predicted octanol–water partition coefficient (Wildman–Crippen LogP) is 6.54. The van der Waals surface area contributed by atoms with E-state index < -0.39 is 0 Å². The van der Waals surface area contributed by atoms with Crippen LogP contribution < -0.4 is 0 Å². The van der Waals surface area contributed by atoms with E-state index in [1.165, 1.54) is 59.1 Å². The minimum absolute atomic E-state index is 0. The van der Waals surface area contributed by atoms with Crippen molar-refractivity contribution in [1.29, 1.82) is 0 Å². The molecule has 2 unspecified atom stereocenters. The number of aromatic nitrogens is 1. The Morgan fingerprint density at radius 3 is 2.84 bits per heavy atom. The molecule has 2 aliphatic carbocycles. The van der Waals surface area contributed by atoms with Gasteiger partial charge >= 0.3 is 0 Å². The standard InChI is InChI=1S/C21H23NOS.ClH/c1-12-8-9-14-17(11-12)24-21-19(14)18(16-7-4-10-23-16)15-6-3-5-13(2)20(15)22-21;/h4,7,10,12-13H,3,5-6,8-9,11H2,1-2H3;1H. The van der Waals surface area contributed by atoms with Gasteiger partial charge in [0, 0.05) is 21.5 Å². The van der Waals surface area contributed by atoms with Gasteiger partial charge in [-0.15, -0.1) is 23.7 Å². The number of hydrogen-bond donors (Lipinski definition) is 0. The molecule has 4 heteroatoms. The normalized spacial score (nSPS) is 22.3. The van der Waals surface area contributed by atoms with E-state index in [2.05, 4.69) is 19.9 Å². The zero-order valence-electron chi connectivity index (χ0n) is 14.8. The van der Waals surface area contributed by atoms with Crippen LogP contribution in [0.5, 0.6) is 0 Å². The number of nitrogens with zero attached hydrogens (tertiary/aromatic N) is 1. The van der Waals surface area contributed by atoms with Gasteiger partial charge in [0.2, 0.25) is 0 Å². The highest BCUT2D eigenvalue weighted by atomic mass is 35.5. The van der Waals surface area contributed by atoms with Gasteiger partial charge in [0.25, 0.3) is 0 Å². The third-order valence-corrected chi connectivity index (χ3v) is 7.02. The third kappa shape index (κ3) is 2.63. The zero-order valence-corrected chi connectivity index (χ0v) is 16.4. The maximum absolute atomic E-state index is 5.89. The summed E-state index contributed by atoms with van der Waals surface area (Å²) in [6.45, 7) is 4.71. The molecule has 2 nitrogen and oxygen atoms in total. The van der Waals surface area contributed by atoms with E-state index in [-0.39, 0.29) is 12.4 Å². The van der Waals surface area contributed by atoms with Crippen molar-refractivity contribution < 1.29 is 4.42 Å². The molecule has 3 aromatic rings. The largest absolute Gasteiger partial charge is 0.464 e. The maximum Gasteiger partial charge on any atom is 0.134 e. The van der Waals surface area contributed by atoms with Crippen LogP contribution in [0.25, 0.3) is 21.5 Å². The van der Waals surface area contributed by atoms with Crippen molar-refractivity contribution in [1.82, 2.24) is 4.98 Å². The van der Waals surface area contributed by atoms with Crippen LogP contribution >= 0.6 is 23.7 Å². The monoisotopic (exact) mass is 373 g/mol. The van der Waals surface area contributed by atoms with Gasteiger partial charge in [-0.1, -0.05) is 13.8 Å². The van der Waals surface area contributed by atoms with Crippen LogP contribution in [0, 0.1) is 5.92 Å². The molecule has 132 valence electrons. The first-order valence-electron chi connectivity index (χ1n) is 9.23. The molecule has 2 atom stereocenters. The lowest BCUT2D eigenvalue weighted by Gasteiger charge is -2.24. The maximum atomic E-state index is 5.89. The summed E-state index contributed by atoms with van der Waals surface area (Å²) in [5.74, 6) is 2.39. The number of furan rings is 1. The van der Waals surface area contributed by atoms with Crippen molar-refractivity contribution in [2.45, 2.75) is 58.3 Å². The molecule has 0 bridgehead atoms. The van der Waals surface area contributed by atoms with Crippen LogP contribution in [-0.4, -0.2) is 4.98 Å². The van der Waals surface area contributed by atoms with Crippen LogP contribution in [0.1, 0.15) is 60.7 Å². The van der Waals surface area contributed by atoms with E-state index in [4.69, 9.17) is 9.40 Å². The van der Waals surface area contributed by atoms with Crippen molar-refractivity contribution in [2.24, 2.45) is 5.92 Å². The highest BCUT2D eigenvalue weighted by Crippen LogP contribution is 2.46. The van der Waals surface area contributed by atoms with Crippen LogP contribution in [0.2, 0.25) is 0 Å². The summed E-state index contributed by atoms with van der Waals surface area (Å²) < 4.78 is 5.89. The second-order valence-electron chi connectivity index (χ2n) is 7.65. The van der Waals surface area contributed by atoms with Gasteiger partial charge in [-0.3, -0.25) is 0 Å². The van der Waals surface area contributed by atoms with E-state index >= 15 is 0 Å². The van der Waals surface area contributed by atoms with Gasteiger partial charge in [0.15, 0.2) is 0 Å². The molecule has 3 heterocycles. The Balaban J connectivity index is 0.00000157. The van der Waals surface area contributed by atoms with Gasteiger partial charge in [-0.25, -0.2) is 4.98 Å². The van der Waals surface area contributed by atoms with E-state index in [1.807, 2.05) is 17.4 Å². The molecule has 0 aliphatic heterocycles. The second-order valence-corrected chi connectivity index (χ2v) is 8.74. The number of pyridine rings is 1. The SMILES string of the molecule is CC1CCc2c(sc3nc4c(c(-c5ccco5)c23)CCCC4C)C1.Cl. The summed E-state index contributed by atoms with van der Waals surface area (Å²) in [4.78, 5) is 7.99. The fraction of sp³-hybridized carbons (Fsp3) is 0.476. The van der Waals surface area contributed by atoms with Crippen molar-refractivity contribution in [3.8, 4) is 11.3 Å². The van der Waals surface area contributed by atoms with Crippen LogP contribution in [0.15, 0.2) is 22.8 Å². The Bertz CT molecular complexity index is 912. The Labute approximate surface area is 159 Å². The topological polar surface area (TPSA) is 26.0 Å². The quantitative estimate of drug-likeness (QED) is 0.483. The number of halogens is 1. The summed E-state index contributed by atoms with van der Waals surface area (Å²) in [6, 6.07) is 4.14. The molecule has 0 aromatic carbocycles. The molecular formula is C21H24ClNOS. The van der Waals surface area contributed by atoms with E-state index in [0.29, 0.717) is 5.92 Å². The molecule has 0 fully saturated rings. The Morgan fingerprint density at radius 2 is 2.04 bits per heavy atom. The number of aryl methyl sites for hydroxylation is 1. The first kappa shape index (κ1) is 17.1. The first-order valence-corrected chi connectivity index (χ1v) is 10.0. The molecule has 0 spiro atoms. The first-order chi connectivity index (χ1) is 11.7. The van der Waals surface area contributed by atoms with Gasteiger partial charge in [0.1, 0.15) is 10.6 Å². The summed E-state index contributed by atoms with van der Waals surface area (Å²) >= 11 is 1.94. The summed E-state index contributed by atoms with van der Waals surface area (Å²) in [5, 5.41) is 1.41. The third-order valence-electron chi connectivity index (χ3n) is 5.87. The lowest BCUT2D eigenvalue weighted by Crippen LogP contribution is -2.12. The number of thiophene rings is 1. The van der Waals surface area contributed by atoms with Gasteiger partial charge in [-0.05, 0) is 73.6 Å². The fourth-order valence-electron chi connectivity index (χ4n) is 4.60. The fourth-order valence-corrected chi connectivity index (χ4v) is 6.00. The number of hydrogen-bond acceptors (Lipinski definition) is 3. The van der Waals surface area contributed by atoms with E-state index in [9.17, 15) is 0 Å². The molecule has 2 aliphatic rings. The Kier molecular flexibility index (Phi) is 4.41. The molecule has 0 amide bonds. The zero-order chi connectivity index (χ0) is 16.3. The number of fused-ring (bicyclic) bond motifs is 4. The minimum Gasteiger partial charge on any atom is -0.464 e. The van der Waals surface area contributed by atoms with E-state index in [0.717, 1.165) is 18.1 Å². The molecule has 0 saturated heterocycles. The Morgan fingerprint density at radius 1 is 1.16 bits per heavy atom. The van der Waals surface area contributed by atoms with E-state index in [1.54, 1.807) is 16.7 Å². The molecular weight excluding hydrogens is 350 g/mol. The minimum atomic E-state index is 0. The summed E-state index contributed by atoms with van der Waals surface area (Å²) in [5.41, 5.74) is 5.70. The highest BCUT2D eigenvalue weighted by Gasteiger charge is 2.29. The van der Waals surface area contributed by atoms with Gasteiger partial charge in [-0.2, -0.15) is 0 Å². The smallest absolute Gasteiger partial charge is 0.134 e. The number of rotatable bonds is 1. The second kappa shape index (κ2) is 6.44. The molecule has 0 N–H and O–H groups in total. The highest BCUT2D eigenvalue weighted by molar-refractivity contribution is 7.19. The van der Waals surface area contributed by atoms with Crippen molar-refractivity contribution in [3.63, 3.8) is 0 Å². The average Bonchev–Trinajstić information content (AvgIpc) is 3.20. The summed E-state index contributed by atoms with van der Waals surface area (Å²) in [7, 11) is 0. The predicted molar refractivity (Wildman–Crippen MR) is 107 cm³/mol. The molecule has 5 rings (SSSR count). The molecule has 0 radical (unpaired) electrons.